The summed E-state index contributed by atoms with van der Waals surface area (Å²) in [7, 11) is 0. The van der Waals surface area contributed by atoms with Crippen LogP contribution in [0.3, 0.4) is 0 Å². The van der Waals surface area contributed by atoms with Crippen LogP contribution in [0.4, 0.5) is 0 Å². The largest absolute Gasteiger partial charge is 0.494 e. The predicted molar refractivity (Wildman–Crippen MR) is 77.5 cm³/mol. The average Bonchev–Trinajstić information content (AvgIpc) is 2.92. The molecule has 0 saturated carbocycles. The van der Waals surface area contributed by atoms with Crippen molar-refractivity contribution in [3.05, 3.63) is 48.0 Å². The van der Waals surface area contributed by atoms with E-state index in [0.717, 1.165) is 37.4 Å². The highest BCUT2D eigenvalue weighted by molar-refractivity contribution is 5.34. The molecule has 0 bridgehead atoms. The SMILES string of the molecule is CCCc1nccn1CCCOc1ccc(C#N)cc1. The summed E-state index contributed by atoms with van der Waals surface area (Å²) in [4.78, 5) is 4.35. The van der Waals surface area contributed by atoms with Gasteiger partial charge in [-0.1, -0.05) is 6.92 Å². The fourth-order valence-electron chi connectivity index (χ4n) is 2.05. The van der Waals surface area contributed by atoms with Crippen molar-refractivity contribution in [1.29, 1.82) is 5.26 Å². The van der Waals surface area contributed by atoms with E-state index in [-0.39, 0.29) is 0 Å². The summed E-state index contributed by atoms with van der Waals surface area (Å²) in [5.74, 6) is 1.95. The van der Waals surface area contributed by atoms with Crippen LogP contribution in [-0.2, 0) is 13.0 Å². The molecule has 0 fully saturated rings. The highest BCUT2D eigenvalue weighted by Gasteiger charge is 2.01. The molecule has 0 saturated heterocycles. The number of rotatable bonds is 7. The molecule has 0 spiro atoms. The second-order valence-electron chi connectivity index (χ2n) is 4.63. The van der Waals surface area contributed by atoms with Gasteiger partial charge in [0.1, 0.15) is 11.6 Å². The zero-order valence-electron chi connectivity index (χ0n) is 11.7. The molecule has 2 aromatic rings. The number of nitriles is 1. The Morgan fingerprint density at radius 1 is 1.30 bits per heavy atom. The van der Waals surface area contributed by atoms with Gasteiger partial charge in [0.25, 0.3) is 0 Å². The van der Waals surface area contributed by atoms with Crippen molar-refractivity contribution in [3.63, 3.8) is 0 Å². The predicted octanol–water partition coefficient (Wildman–Crippen LogP) is 3.18. The molecule has 1 aromatic heterocycles. The van der Waals surface area contributed by atoms with Gasteiger partial charge in [0.15, 0.2) is 0 Å². The first kappa shape index (κ1) is 14.1. The maximum atomic E-state index is 8.72. The highest BCUT2D eigenvalue weighted by atomic mass is 16.5. The Hall–Kier alpha value is -2.28. The Kier molecular flexibility index (Phi) is 5.19. The summed E-state index contributed by atoms with van der Waals surface area (Å²) in [6, 6.07) is 9.29. The summed E-state index contributed by atoms with van der Waals surface area (Å²) in [6.45, 7) is 3.74. The van der Waals surface area contributed by atoms with Crippen LogP contribution in [0, 0.1) is 11.3 Å². The zero-order chi connectivity index (χ0) is 14.2. The van der Waals surface area contributed by atoms with Gasteiger partial charge >= 0.3 is 0 Å². The quantitative estimate of drug-likeness (QED) is 0.725. The number of hydrogen-bond donors (Lipinski definition) is 0. The van der Waals surface area contributed by atoms with Gasteiger partial charge < -0.3 is 9.30 Å². The van der Waals surface area contributed by atoms with Crippen LogP contribution < -0.4 is 4.74 Å². The van der Waals surface area contributed by atoms with Gasteiger partial charge in [-0.05, 0) is 37.1 Å². The maximum absolute atomic E-state index is 8.72. The van der Waals surface area contributed by atoms with Crippen LogP contribution in [0.2, 0.25) is 0 Å². The number of hydrogen-bond acceptors (Lipinski definition) is 3. The van der Waals surface area contributed by atoms with Gasteiger partial charge in [-0.25, -0.2) is 4.98 Å². The van der Waals surface area contributed by atoms with E-state index in [1.165, 1.54) is 0 Å². The minimum absolute atomic E-state index is 0.653. The van der Waals surface area contributed by atoms with Crippen molar-refractivity contribution in [1.82, 2.24) is 9.55 Å². The van der Waals surface area contributed by atoms with Crippen LogP contribution in [-0.4, -0.2) is 16.2 Å². The van der Waals surface area contributed by atoms with Crippen LogP contribution in [0.15, 0.2) is 36.7 Å². The van der Waals surface area contributed by atoms with E-state index in [1.807, 2.05) is 24.5 Å². The molecule has 0 aliphatic carbocycles. The molecule has 0 radical (unpaired) electrons. The van der Waals surface area contributed by atoms with Gasteiger partial charge in [0, 0.05) is 25.4 Å². The first-order valence-electron chi connectivity index (χ1n) is 6.96. The number of nitrogens with zero attached hydrogens (tertiary/aromatic N) is 3. The molecule has 4 nitrogen and oxygen atoms in total. The summed E-state index contributed by atoms with van der Waals surface area (Å²) < 4.78 is 7.85. The van der Waals surface area contributed by atoms with E-state index in [2.05, 4.69) is 22.5 Å². The molecule has 0 aliphatic rings. The lowest BCUT2D eigenvalue weighted by atomic mass is 10.2. The van der Waals surface area contributed by atoms with E-state index in [1.54, 1.807) is 12.1 Å². The molecular formula is C16H19N3O. The lowest BCUT2D eigenvalue weighted by Crippen LogP contribution is -2.07. The summed E-state index contributed by atoms with van der Waals surface area (Å²) in [5.41, 5.74) is 0.653. The van der Waals surface area contributed by atoms with Crippen LogP contribution in [0.1, 0.15) is 31.2 Å². The first-order chi connectivity index (χ1) is 9.83. The Morgan fingerprint density at radius 3 is 2.80 bits per heavy atom. The molecule has 1 heterocycles. The minimum atomic E-state index is 0.653. The third-order valence-electron chi connectivity index (χ3n) is 3.07. The molecule has 0 amide bonds. The maximum Gasteiger partial charge on any atom is 0.119 e. The van der Waals surface area contributed by atoms with Gasteiger partial charge in [-0.2, -0.15) is 5.26 Å². The molecule has 4 heteroatoms. The van der Waals surface area contributed by atoms with E-state index < -0.39 is 0 Å². The molecule has 0 atom stereocenters. The number of benzene rings is 1. The van der Waals surface area contributed by atoms with Crippen LogP contribution in [0.5, 0.6) is 5.75 Å². The molecular weight excluding hydrogens is 250 g/mol. The van der Waals surface area contributed by atoms with Crippen molar-refractivity contribution < 1.29 is 4.74 Å². The van der Waals surface area contributed by atoms with E-state index in [0.29, 0.717) is 12.2 Å². The van der Waals surface area contributed by atoms with Crippen LogP contribution in [0.25, 0.3) is 0 Å². The summed E-state index contributed by atoms with van der Waals surface area (Å²) in [5, 5.41) is 8.72. The van der Waals surface area contributed by atoms with E-state index >= 15 is 0 Å². The Labute approximate surface area is 119 Å². The number of ether oxygens (including phenoxy) is 1. The van der Waals surface area contributed by atoms with Crippen molar-refractivity contribution in [2.24, 2.45) is 0 Å². The summed E-state index contributed by atoms with van der Waals surface area (Å²) >= 11 is 0. The van der Waals surface area contributed by atoms with Crippen molar-refractivity contribution >= 4 is 0 Å². The third kappa shape index (κ3) is 3.86. The van der Waals surface area contributed by atoms with Crippen LogP contribution >= 0.6 is 0 Å². The van der Waals surface area contributed by atoms with Gasteiger partial charge in [0.2, 0.25) is 0 Å². The fourth-order valence-corrected chi connectivity index (χ4v) is 2.05. The third-order valence-corrected chi connectivity index (χ3v) is 3.07. The Bertz CT molecular complexity index is 566. The van der Waals surface area contributed by atoms with Crippen molar-refractivity contribution in [3.8, 4) is 11.8 Å². The Morgan fingerprint density at radius 2 is 2.10 bits per heavy atom. The second-order valence-corrected chi connectivity index (χ2v) is 4.63. The number of aryl methyl sites for hydroxylation is 2. The molecule has 0 unspecified atom stereocenters. The smallest absolute Gasteiger partial charge is 0.119 e. The second kappa shape index (κ2) is 7.34. The Balaban J connectivity index is 1.75. The minimum Gasteiger partial charge on any atom is -0.494 e. The lowest BCUT2D eigenvalue weighted by Gasteiger charge is -2.08. The normalized spacial score (nSPS) is 10.2. The van der Waals surface area contributed by atoms with E-state index in [9.17, 15) is 0 Å². The fraction of sp³-hybridized carbons (Fsp3) is 0.375. The lowest BCUT2D eigenvalue weighted by molar-refractivity contribution is 0.301. The molecule has 20 heavy (non-hydrogen) atoms. The molecule has 1 aromatic carbocycles. The van der Waals surface area contributed by atoms with Crippen molar-refractivity contribution in [2.45, 2.75) is 32.7 Å². The summed E-state index contributed by atoms with van der Waals surface area (Å²) in [6.07, 6.45) is 6.94. The van der Waals surface area contributed by atoms with Crippen molar-refractivity contribution in [2.75, 3.05) is 6.61 Å². The van der Waals surface area contributed by atoms with E-state index in [4.69, 9.17) is 10.00 Å². The average molecular weight is 269 g/mol. The van der Waals surface area contributed by atoms with Gasteiger partial charge in [0.05, 0.1) is 18.2 Å². The monoisotopic (exact) mass is 269 g/mol. The highest BCUT2D eigenvalue weighted by Crippen LogP contribution is 2.12. The molecule has 104 valence electrons. The topological polar surface area (TPSA) is 50.8 Å². The molecule has 0 aliphatic heterocycles. The zero-order valence-corrected chi connectivity index (χ0v) is 11.7. The standard InChI is InChI=1S/C16H19N3O/c1-2-4-16-18-9-11-19(16)10-3-12-20-15-7-5-14(13-17)6-8-15/h5-9,11H,2-4,10,12H2,1H3. The number of aromatic nitrogens is 2. The first-order valence-corrected chi connectivity index (χ1v) is 6.96. The molecule has 2 rings (SSSR count). The molecule has 0 N–H and O–H groups in total. The van der Waals surface area contributed by atoms with Gasteiger partial charge in [-0.3, -0.25) is 0 Å². The number of imidazole rings is 1. The van der Waals surface area contributed by atoms with Gasteiger partial charge in [-0.15, -0.1) is 0 Å².